The highest BCUT2D eigenvalue weighted by atomic mass is 16.2. The molecule has 1 aromatic heterocycles. The number of nitrogens with one attached hydrogen (secondary N) is 1. The molecule has 0 saturated heterocycles. The predicted octanol–water partition coefficient (Wildman–Crippen LogP) is 2.78. The van der Waals surface area contributed by atoms with E-state index in [1.54, 1.807) is 0 Å². The molecule has 4 rings (SSSR count). The predicted molar refractivity (Wildman–Crippen MR) is 80.1 cm³/mol. The van der Waals surface area contributed by atoms with Gasteiger partial charge in [0, 0.05) is 17.2 Å². The first-order valence-electron chi connectivity index (χ1n) is 7.75. The largest absolute Gasteiger partial charge is 0.349 e. The van der Waals surface area contributed by atoms with Gasteiger partial charge in [-0.25, -0.2) is 4.68 Å². The van der Waals surface area contributed by atoms with Gasteiger partial charge < -0.3 is 5.32 Å². The van der Waals surface area contributed by atoms with E-state index in [1.165, 1.54) is 11.3 Å². The normalized spacial score (nSPS) is 20.9. The molecule has 0 aliphatic heterocycles. The fourth-order valence-corrected chi connectivity index (χ4v) is 3.13. The third kappa shape index (κ3) is 2.35. The lowest BCUT2D eigenvalue weighted by atomic mass is 9.92. The number of hydrogen-bond donors (Lipinski definition) is 1. The zero-order chi connectivity index (χ0) is 14.2. The Morgan fingerprint density at radius 2 is 2.00 bits per heavy atom. The van der Waals surface area contributed by atoms with Gasteiger partial charge in [0.15, 0.2) is 0 Å². The van der Waals surface area contributed by atoms with Crippen molar-refractivity contribution in [2.45, 2.75) is 38.1 Å². The van der Waals surface area contributed by atoms with Gasteiger partial charge in [0.1, 0.15) is 0 Å². The Labute approximate surface area is 124 Å². The van der Waals surface area contributed by atoms with E-state index >= 15 is 0 Å². The van der Waals surface area contributed by atoms with E-state index in [-0.39, 0.29) is 17.9 Å². The lowest BCUT2D eigenvalue weighted by molar-refractivity contribution is -0.123. The van der Waals surface area contributed by atoms with Gasteiger partial charge in [-0.1, -0.05) is 18.2 Å². The minimum atomic E-state index is 0.138. The van der Waals surface area contributed by atoms with E-state index in [1.807, 2.05) is 29.1 Å². The van der Waals surface area contributed by atoms with Crippen LogP contribution in [0.1, 0.15) is 43.0 Å². The average Bonchev–Trinajstić information content (AvgIpc) is 3.28. The summed E-state index contributed by atoms with van der Waals surface area (Å²) >= 11 is 0. The number of para-hydroxylation sites is 1. The van der Waals surface area contributed by atoms with Crippen molar-refractivity contribution in [2.75, 3.05) is 0 Å². The molecular formula is C17H19N3O. The third-order valence-corrected chi connectivity index (χ3v) is 4.45. The van der Waals surface area contributed by atoms with Crippen LogP contribution in [0.15, 0.2) is 36.5 Å². The van der Waals surface area contributed by atoms with E-state index < -0.39 is 0 Å². The molecule has 1 N–H and O–H groups in total. The highest BCUT2D eigenvalue weighted by molar-refractivity contribution is 5.81. The number of benzene rings is 1. The van der Waals surface area contributed by atoms with Crippen molar-refractivity contribution in [3.63, 3.8) is 0 Å². The number of rotatable bonds is 3. The molecular weight excluding hydrogens is 262 g/mol. The maximum Gasteiger partial charge on any atom is 0.223 e. The summed E-state index contributed by atoms with van der Waals surface area (Å²) in [6.45, 7) is 0. The van der Waals surface area contributed by atoms with Crippen LogP contribution in [0, 0.1) is 5.92 Å². The molecule has 0 spiro atoms. The van der Waals surface area contributed by atoms with Crippen molar-refractivity contribution in [3.8, 4) is 5.69 Å². The number of carbonyl (C=O) groups is 1. The number of nitrogens with zero attached hydrogens (tertiary/aromatic N) is 2. The summed E-state index contributed by atoms with van der Waals surface area (Å²) in [7, 11) is 0. The zero-order valence-electron chi connectivity index (χ0n) is 12.0. The van der Waals surface area contributed by atoms with Gasteiger partial charge in [-0.2, -0.15) is 5.10 Å². The number of hydrogen-bond acceptors (Lipinski definition) is 2. The molecule has 1 aromatic carbocycles. The fourth-order valence-electron chi connectivity index (χ4n) is 3.13. The highest BCUT2D eigenvalue weighted by Gasteiger charge is 2.33. The molecule has 1 amide bonds. The standard InChI is InChI=1S/C17H19N3O/c21-17(12-9-10-12)19-15-7-4-8-16-14(15)11-18-20(16)13-5-2-1-3-6-13/h1-3,5-6,11-12,15H,4,7-10H2,(H,19,21). The maximum atomic E-state index is 12.0. The Hall–Kier alpha value is -2.10. The minimum Gasteiger partial charge on any atom is -0.349 e. The monoisotopic (exact) mass is 281 g/mol. The first-order valence-corrected chi connectivity index (χ1v) is 7.75. The Bertz CT molecular complexity index is 658. The van der Waals surface area contributed by atoms with Gasteiger partial charge in [-0.05, 0) is 44.2 Å². The van der Waals surface area contributed by atoms with Crippen LogP contribution in [-0.2, 0) is 11.2 Å². The molecule has 1 saturated carbocycles. The van der Waals surface area contributed by atoms with Gasteiger partial charge >= 0.3 is 0 Å². The summed E-state index contributed by atoms with van der Waals surface area (Å²) < 4.78 is 2.02. The molecule has 2 aromatic rings. The van der Waals surface area contributed by atoms with Crippen LogP contribution in [0.2, 0.25) is 0 Å². The summed E-state index contributed by atoms with van der Waals surface area (Å²) in [5.41, 5.74) is 3.53. The van der Waals surface area contributed by atoms with Crippen LogP contribution in [0.3, 0.4) is 0 Å². The summed E-state index contributed by atoms with van der Waals surface area (Å²) in [6, 6.07) is 10.3. The van der Waals surface area contributed by atoms with Gasteiger partial charge in [-0.15, -0.1) is 0 Å². The van der Waals surface area contributed by atoms with Gasteiger partial charge in [0.25, 0.3) is 0 Å². The van der Waals surface area contributed by atoms with Gasteiger partial charge in [-0.3, -0.25) is 4.79 Å². The second kappa shape index (κ2) is 5.02. The van der Waals surface area contributed by atoms with E-state index in [0.29, 0.717) is 0 Å². The molecule has 1 fully saturated rings. The smallest absolute Gasteiger partial charge is 0.223 e. The van der Waals surface area contributed by atoms with Crippen LogP contribution in [-0.4, -0.2) is 15.7 Å². The van der Waals surface area contributed by atoms with Crippen molar-refractivity contribution in [1.29, 1.82) is 0 Å². The number of amides is 1. The lowest BCUT2D eigenvalue weighted by Gasteiger charge is -2.24. The molecule has 0 radical (unpaired) electrons. The molecule has 108 valence electrons. The topological polar surface area (TPSA) is 46.9 Å². The summed E-state index contributed by atoms with van der Waals surface area (Å²) in [6.07, 6.45) is 7.18. The number of aromatic nitrogens is 2. The third-order valence-electron chi connectivity index (χ3n) is 4.45. The molecule has 21 heavy (non-hydrogen) atoms. The molecule has 0 bridgehead atoms. The van der Waals surface area contributed by atoms with E-state index in [4.69, 9.17) is 0 Å². The Morgan fingerprint density at radius 1 is 1.19 bits per heavy atom. The first kappa shape index (κ1) is 12.6. The lowest BCUT2D eigenvalue weighted by Crippen LogP contribution is -2.31. The summed E-state index contributed by atoms with van der Waals surface area (Å²) in [5, 5.41) is 7.76. The van der Waals surface area contributed by atoms with E-state index in [0.717, 1.165) is 37.8 Å². The second-order valence-corrected chi connectivity index (χ2v) is 6.02. The van der Waals surface area contributed by atoms with Crippen LogP contribution in [0.5, 0.6) is 0 Å². The van der Waals surface area contributed by atoms with Crippen LogP contribution in [0.4, 0.5) is 0 Å². The Kier molecular flexibility index (Phi) is 3.02. The van der Waals surface area contributed by atoms with Crippen LogP contribution < -0.4 is 5.32 Å². The molecule has 1 heterocycles. The van der Waals surface area contributed by atoms with Crippen molar-refractivity contribution in [1.82, 2.24) is 15.1 Å². The summed E-state index contributed by atoms with van der Waals surface area (Å²) in [4.78, 5) is 12.0. The fraction of sp³-hybridized carbons (Fsp3) is 0.412. The molecule has 4 heteroatoms. The van der Waals surface area contributed by atoms with Crippen molar-refractivity contribution in [2.24, 2.45) is 5.92 Å². The number of carbonyl (C=O) groups excluding carboxylic acids is 1. The van der Waals surface area contributed by atoms with Crippen LogP contribution in [0.25, 0.3) is 5.69 Å². The van der Waals surface area contributed by atoms with Gasteiger partial charge in [0.05, 0.1) is 17.9 Å². The Balaban J connectivity index is 1.63. The maximum absolute atomic E-state index is 12.0. The van der Waals surface area contributed by atoms with Crippen molar-refractivity contribution >= 4 is 5.91 Å². The number of fused-ring (bicyclic) bond motifs is 1. The highest BCUT2D eigenvalue weighted by Crippen LogP contribution is 2.34. The molecule has 2 aliphatic rings. The molecule has 4 nitrogen and oxygen atoms in total. The van der Waals surface area contributed by atoms with Crippen LogP contribution >= 0.6 is 0 Å². The van der Waals surface area contributed by atoms with Crippen molar-refractivity contribution in [3.05, 3.63) is 47.8 Å². The average molecular weight is 281 g/mol. The van der Waals surface area contributed by atoms with Gasteiger partial charge in [0.2, 0.25) is 5.91 Å². The van der Waals surface area contributed by atoms with Crippen molar-refractivity contribution < 1.29 is 4.79 Å². The first-order chi connectivity index (χ1) is 10.3. The van der Waals surface area contributed by atoms with E-state index in [2.05, 4.69) is 22.5 Å². The Morgan fingerprint density at radius 3 is 2.76 bits per heavy atom. The quantitative estimate of drug-likeness (QED) is 0.940. The molecule has 1 unspecified atom stereocenters. The second-order valence-electron chi connectivity index (χ2n) is 6.02. The minimum absolute atomic E-state index is 0.138. The molecule has 1 atom stereocenters. The van der Waals surface area contributed by atoms with E-state index in [9.17, 15) is 4.79 Å². The zero-order valence-corrected chi connectivity index (χ0v) is 12.0. The SMILES string of the molecule is O=C(NC1CCCc2c1cnn2-c1ccccc1)C1CC1. The summed E-state index contributed by atoms with van der Waals surface area (Å²) in [5.74, 6) is 0.486. The molecule has 2 aliphatic carbocycles.